The maximum atomic E-state index is 11.6. The largest absolute Gasteiger partial charge is 0.356 e. The summed E-state index contributed by atoms with van der Waals surface area (Å²) in [6.07, 6.45) is 7.27. The van der Waals surface area contributed by atoms with Gasteiger partial charge in [-0.1, -0.05) is 45.2 Å². The minimum atomic E-state index is 0.137. The van der Waals surface area contributed by atoms with Crippen LogP contribution in [0.3, 0.4) is 0 Å². The first-order valence-corrected chi connectivity index (χ1v) is 8.97. The van der Waals surface area contributed by atoms with Crippen LogP contribution in [-0.2, 0) is 17.8 Å². The van der Waals surface area contributed by atoms with Gasteiger partial charge in [-0.3, -0.25) is 4.79 Å². The number of fused-ring (bicyclic) bond motifs is 1. The van der Waals surface area contributed by atoms with E-state index in [1.165, 1.54) is 31.2 Å². The summed E-state index contributed by atoms with van der Waals surface area (Å²) in [5.41, 5.74) is 2.26. The molecule has 0 saturated heterocycles. The summed E-state index contributed by atoms with van der Waals surface area (Å²) in [5.74, 6) is 1.22. The monoisotopic (exact) mass is 315 g/mol. The summed E-state index contributed by atoms with van der Waals surface area (Å²) in [6, 6.07) is 8.31. The zero-order chi connectivity index (χ0) is 16.5. The molecule has 2 aromatic rings. The van der Waals surface area contributed by atoms with E-state index in [-0.39, 0.29) is 5.91 Å². The highest BCUT2D eigenvalue weighted by Crippen LogP contribution is 2.17. The van der Waals surface area contributed by atoms with Gasteiger partial charge in [0.05, 0.1) is 11.0 Å². The van der Waals surface area contributed by atoms with Gasteiger partial charge in [0, 0.05) is 25.9 Å². The number of rotatable bonds is 10. The van der Waals surface area contributed by atoms with Gasteiger partial charge in [0.1, 0.15) is 5.82 Å². The molecule has 0 bridgehead atoms. The molecule has 1 aromatic heterocycles. The van der Waals surface area contributed by atoms with E-state index in [1.54, 1.807) is 0 Å². The minimum absolute atomic E-state index is 0.137. The predicted octanol–water partition coefficient (Wildman–Crippen LogP) is 4.08. The first-order chi connectivity index (χ1) is 11.3. The molecular formula is C19H29N3O. The number of carbonyl (C=O) groups is 1. The standard InChI is InChI=1S/C19H29N3O/c1-3-5-6-9-15-22-17-12-8-7-11-16(17)21-18(22)13-14-20-19(23)10-4-2/h7-8,11-12H,3-6,9-10,13-15H2,1-2H3,(H,20,23). The molecular weight excluding hydrogens is 286 g/mol. The van der Waals surface area contributed by atoms with Crippen LogP contribution in [0.15, 0.2) is 24.3 Å². The number of carbonyl (C=O) groups excluding carboxylic acids is 1. The highest BCUT2D eigenvalue weighted by atomic mass is 16.1. The number of aryl methyl sites for hydroxylation is 1. The summed E-state index contributed by atoms with van der Waals surface area (Å²) in [6.45, 7) is 5.93. The van der Waals surface area contributed by atoms with Crippen molar-refractivity contribution >= 4 is 16.9 Å². The maximum Gasteiger partial charge on any atom is 0.219 e. The van der Waals surface area contributed by atoms with E-state index in [2.05, 4.69) is 35.0 Å². The van der Waals surface area contributed by atoms with Crippen LogP contribution in [0, 0.1) is 0 Å². The Kier molecular flexibility index (Phi) is 7.11. The number of para-hydroxylation sites is 2. The Morgan fingerprint density at radius 1 is 1.13 bits per heavy atom. The number of aromatic nitrogens is 2. The number of amides is 1. The van der Waals surface area contributed by atoms with E-state index >= 15 is 0 Å². The lowest BCUT2D eigenvalue weighted by atomic mass is 10.2. The average molecular weight is 315 g/mol. The number of benzene rings is 1. The van der Waals surface area contributed by atoms with Crippen LogP contribution in [0.5, 0.6) is 0 Å². The lowest BCUT2D eigenvalue weighted by molar-refractivity contribution is -0.121. The number of imidazole rings is 1. The molecule has 1 aromatic carbocycles. The van der Waals surface area contributed by atoms with E-state index in [4.69, 9.17) is 4.98 Å². The van der Waals surface area contributed by atoms with Crippen LogP contribution >= 0.6 is 0 Å². The third kappa shape index (κ3) is 5.08. The normalized spacial score (nSPS) is 11.0. The number of nitrogens with zero attached hydrogens (tertiary/aromatic N) is 2. The van der Waals surface area contributed by atoms with Gasteiger partial charge in [-0.25, -0.2) is 4.98 Å². The molecule has 1 heterocycles. The van der Waals surface area contributed by atoms with E-state index in [9.17, 15) is 4.79 Å². The summed E-state index contributed by atoms with van der Waals surface area (Å²) < 4.78 is 2.33. The van der Waals surface area contributed by atoms with Crippen LogP contribution < -0.4 is 5.32 Å². The first-order valence-electron chi connectivity index (χ1n) is 8.97. The van der Waals surface area contributed by atoms with E-state index in [0.717, 1.165) is 30.7 Å². The Bertz CT molecular complexity index is 618. The van der Waals surface area contributed by atoms with Gasteiger partial charge in [-0.2, -0.15) is 0 Å². The van der Waals surface area contributed by atoms with Gasteiger partial charge in [-0.05, 0) is 25.0 Å². The van der Waals surface area contributed by atoms with Crippen LogP contribution in [0.1, 0.15) is 58.2 Å². The highest BCUT2D eigenvalue weighted by Gasteiger charge is 2.10. The van der Waals surface area contributed by atoms with Gasteiger partial charge < -0.3 is 9.88 Å². The quantitative estimate of drug-likeness (QED) is 0.672. The van der Waals surface area contributed by atoms with Crippen LogP contribution in [0.25, 0.3) is 11.0 Å². The molecule has 0 spiro atoms. The van der Waals surface area contributed by atoms with Crippen molar-refractivity contribution in [2.24, 2.45) is 0 Å². The van der Waals surface area contributed by atoms with Gasteiger partial charge >= 0.3 is 0 Å². The third-order valence-corrected chi connectivity index (χ3v) is 4.12. The molecule has 0 atom stereocenters. The van der Waals surface area contributed by atoms with Crippen molar-refractivity contribution in [1.82, 2.24) is 14.9 Å². The SMILES string of the molecule is CCCCCCn1c(CCNC(=O)CCC)nc2ccccc21. The minimum Gasteiger partial charge on any atom is -0.356 e. The summed E-state index contributed by atoms with van der Waals surface area (Å²) in [4.78, 5) is 16.4. The topological polar surface area (TPSA) is 46.9 Å². The fourth-order valence-electron chi connectivity index (χ4n) is 2.89. The molecule has 0 aliphatic rings. The van der Waals surface area contributed by atoms with Gasteiger partial charge in [0.15, 0.2) is 0 Å². The maximum absolute atomic E-state index is 11.6. The fourth-order valence-corrected chi connectivity index (χ4v) is 2.89. The van der Waals surface area contributed by atoms with Crippen LogP contribution in [0.4, 0.5) is 0 Å². The number of nitrogens with one attached hydrogen (secondary N) is 1. The second kappa shape index (κ2) is 9.33. The Hall–Kier alpha value is -1.84. The first kappa shape index (κ1) is 17.5. The number of unbranched alkanes of at least 4 members (excludes halogenated alkanes) is 3. The molecule has 4 heteroatoms. The molecule has 2 rings (SSSR count). The zero-order valence-electron chi connectivity index (χ0n) is 14.5. The van der Waals surface area contributed by atoms with Crippen molar-refractivity contribution in [3.63, 3.8) is 0 Å². The lowest BCUT2D eigenvalue weighted by Gasteiger charge is -2.10. The number of hydrogen-bond donors (Lipinski definition) is 1. The molecule has 0 aliphatic carbocycles. The Morgan fingerprint density at radius 2 is 1.96 bits per heavy atom. The third-order valence-electron chi connectivity index (χ3n) is 4.12. The molecule has 0 radical (unpaired) electrons. The Balaban J connectivity index is 2.03. The summed E-state index contributed by atoms with van der Waals surface area (Å²) in [5, 5.41) is 2.99. The molecule has 0 aliphatic heterocycles. The lowest BCUT2D eigenvalue weighted by Crippen LogP contribution is -2.26. The Morgan fingerprint density at radius 3 is 2.74 bits per heavy atom. The zero-order valence-corrected chi connectivity index (χ0v) is 14.5. The van der Waals surface area contributed by atoms with Gasteiger partial charge in [0.25, 0.3) is 0 Å². The van der Waals surface area contributed by atoms with Crippen LogP contribution in [0.2, 0.25) is 0 Å². The molecule has 0 unspecified atom stereocenters. The average Bonchev–Trinajstić information content (AvgIpc) is 2.90. The smallest absolute Gasteiger partial charge is 0.219 e. The summed E-state index contributed by atoms with van der Waals surface area (Å²) in [7, 11) is 0. The molecule has 4 nitrogen and oxygen atoms in total. The van der Waals surface area contributed by atoms with Gasteiger partial charge in [-0.15, -0.1) is 0 Å². The second-order valence-corrected chi connectivity index (χ2v) is 6.08. The van der Waals surface area contributed by atoms with Crippen molar-refractivity contribution in [1.29, 1.82) is 0 Å². The predicted molar refractivity (Wildman–Crippen MR) is 95.5 cm³/mol. The molecule has 23 heavy (non-hydrogen) atoms. The van der Waals surface area contributed by atoms with Crippen molar-refractivity contribution in [2.75, 3.05) is 6.54 Å². The molecule has 0 fully saturated rings. The van der Waals surface area contributed by atoms with Crippen molar-refractivity contribution < 1.29 is 4.79 Å². The summed E-state index contributed by atoms with van der Waals surface area (Å²) >= 11 is 0. The number of hydrogen-bond acceptors (Lipinski definition) is 2. The highest BCUT2D eigenvalue weighted by molar-refractivity contribution is 5.76. The Labute approximate surface area is 139 Å². The van der Waals surface area contributed by atoms with Gasteiger partial charge in [0.2, 0.25) is 5.91 Å². The van der Waals surface area contributed by atoms with Crippen molar-refractivity contribution in [2.45, 2.75) is 65.3 Å². The van der Waals surface area contributed by atoms with Crippen LogP contribution in [-0.4, -0.2) is 22.0 Å². The molecule has 126 valence electrons. The second-order valence-electron chi connectivity index (χ2n) is 6.08. The molecule has 1 amide bonds. The molecule has 1 N–H and O–H groups in total. The van der Waals surface area contributed by atoms with Crippen molar-refractivity contribution in [3.05, 3.63) is 30.1 Å². The van der Waals surface area contributed by atoms with Crippen molar-refractivity contribution in [3.8, 4) is 0 Å². The fraction of sp³-hybridized carbons (Fsp3) is 0.579. The van der Waals surface area contributed by atoms with E-state index in [0.29, 0.717) is 13.0 Å². The molecule has 0 saturated carbocycles. The van der Waals surface area contributed by atoms with E-state index in [1.807, 2.05) is 13.0 Å². The van der Waals surface area contributed by atoms with E-state index < -0.39 is 0 Å².